The molecule has 1 rings (SSSR count). The topological polar surface area (TPSA) is 92.3 Å². The molecular weight excluding hydrogens is 288 g/mol. The fourth-order valence-electron chi connectivity index (χ4n) is 1.28. The van der Waals surface area contributed by atoms with Gasteiger partial charge in [-0.3, -0.25) is 0 Å². The Hall–Kier alpha value is -0.960. The predicted octanol–water partition coefficient (Wildman–Crippen LogP) is 0.529. The molecule has 1 aromatic rings. The van der Waals surface area contributed by atoms with Crippen LogP contribution in [-0.4, -0.2) is 30.4 Å². The minimum absolute atomic E-state index is 0.0257. The van der Waals surface area contributed by atoms with E-state index in [9.17, 15) is 16.8 Å². The summed E-state index contributed by atoms with van der Waals surface area (Å²) in [6, 6.07) is 5.06. The van der Waals surface area contributed by atoms with Gasteiger partial charge in [0.15, 0.2) is 0 Å². The second-order valence-corrected chi connectivity index (χ2v) is 8.08. The summed E-state index contributed by atoms with van der Waals surface area (Å²) >= 11 is 0. The Balaban J connectivity index is 2.99. The fraction of sp³-hybridized carbons (Fsp3) is 0.455. The molecule has 0 saturated carbocycles. The van der Waals surface area contributed by atoms with Crippen molar-refractivity contribution in [2.45, 2.75) is 23.6 Å². The predicted molar refractivity (Wildman–Crippen MR) is 72.7 cm³/mol. The fourth-order valence-corrected chi connectivity index (χ4v) is 3.22. The molecule has 0 bridgehead atoms. The molecular formula is C11H18N2O4S2. The van der Waals surface area contributed by atoms with Crippen molar-refractivity contribution in [1.82, 2.24) is 9.44 Å². The van der Waals surface area contributed by atoms with Gasteiger partial charge >= 0.3 is 0 Å². The van der Waals surface area contributed by atoms with Gasteiger partial charge in [0.2, 0.25) is 20.0 Å². The molecule has 6 nitrogen and oxygen atoms in total. The van der Waals surface area contributed by atoms with Crippen LogP contribution in [0.4, 0.5) is 0 Å². The Kier molecular flexibility index (Phi) is 5.08. The van der Waals surface area contributed by atoms with E-state index in [1.165, 1.54) is 31.3 Å². The van der Waals surface area contributed by atoms with Crippen molar-refractivity contribution in [2.24, 2.45) is 5.92 Å². The number of sulfonamides is 2. The maximum absolute atomic E-state index is 11.9. The zero-order valence-electron chi connectivity index (χ0n) is 11.0. The lowest BCUT2D eigenvalue weighted by atomic mass is 10.2. The van der Waals surface area contributed by atoms with Gasteiger partial charge in [-0.2, -0.15) is 0 Å². The molecule has 0 fully saturated rings. The number of hydrogen-bond acceptors (Lipinski definition) is 4. The van der Waals surface area contributed by atoms with E-state index < -0.39 is 20.0 Å². The molecule has 0 aromatic heterocycles. The lowest BCUT2D eigenvalue weighted by Gasteiger charge is -2.09. The molecule has 108 valence electrons. The average Bonchev–Trinajstić information content (AvgIpc) is 2.37. The Labute approximate surface area is 114 Å². The highest BCUT2D eigenvalue weighted by Crippen LogP contribution is 2.14. The minimum Gasteiger partial charge on any atom is -0.214 e. The quantitative estimate of drug-likeness (QED) is 0.802. The molecule has 2 N–H and O–H groups in total. The average molecular weight is 306 g/mol. The van der Waals surface area contributed by atoms with Crippen molar-refractivity contribution in [3.8, 4) is 0 Å². The molecule has 0 aliphatic heterocycles. The Morgan fingerprint density at radius 2 is 1.37 bits per heavy atom. The molecule has 1 aromatic carbocycles. The lowest BCUT2D eigenvalue weighted by molar-refractivity contribution is 0.559. The van der Waals surface area contributed by atoms with E-state index in [1.54, 1.807) is 0 Å². The second kappa shape index (κ2) is 6.00. The standard InChI is InChI=1S/C11H18N2O4S2/c1-9(2)8-13-19(16,17)11-6-4-10(5-7-11)18(14,15)12-3/h4-7,9,12-13H,8H2,1-3H3. The first-order chi connectivity index (χ1) is 8.69. The van der Waals surface area contributed by atoms with Gasteiger partial charge in [0.05, 0.1) is 9.79 Å². The van der Waals surface area contributed by atoms with Gasteiger partial charge < -0.3 is 0 Å². The summed E-state index contributed by atoms with van der Waals surface area (Å²) < 4.78 is 51.4. The van der Waals surface area contributed by atoms with Crippen LogP contribution in [0, 0.1) is 5.92 Å². The summed E-state index contributed by atoms with van der Waals surface area (Å²) in [7, 11) is -5.85. The normalized spacial score (nSPS) is 12.8. The van der Waals surface area contributed by atoms with Gasteiger partial charge in [-0.25, -0.2) is 26.3 Å². The third-order valence-electron chi connectivity index (χ3n) is 2.39. The first-order valence-electron chi connectivity index (χ1n) is 5.72. The molecule has 0 saturated heterocycles. The van der Waals surface area contributed by atoms with E-state index in [0.29, 0.717) is 6.54 Å². The molecule has 0 aliphatic rings. The van der Waals surface area contributed by atoms with Crippen LogP contribution in [0.1, 0.15) is 13.8 Å². The summed E-state index contributed by atoms with van der Waals surface area (Å²) in [5.41, 5.74) is 0. The van der Waals surface area contributed by atoms with Crippen molar-refractivity contribution < 1.29 is 16.8 Å². The van der Waals surface area contributed by atoms with Crippen LogP contribution >= 0.6 is 0 Å². The number of hydrogen-bond donors (Lipinski definition) is 2. The van der Waals surface area contributed by atoms with Gasteiger partial charge in [0.25, 0.3) is 0 Å². The second-order valence-electron chi connectivity index (χ2n) is 4.42. The molecule has 0 atom stereocenters. The zero-order chi connectivity index (χ0) is 14.7. The van der Waals surface area contributed by atoms with E-state index in [-0.39, 0.29) is 15.7 Å². The Morgan fingerprint density at radius 3 is 1.74 bits per heavy atom. The molecule has 0 heterocycles. The molecule has 8 heteroatoms. The summed E-state index contributed by atoms with van der Waals surface area (Å²) in [6.45, 7) is 4.12. The van der Waals surface area contributed by atoms with Crippen molar-refractivity contribution in [2.75, 3.05) is 13.6 Å². The van der Waals surface area contributed by atoms with Crippen LogP contribution in [0.25, 0.3) is 0 Å². The summed E-state index contributed by atoms with van der Waals surface area (Å²) in [4.78, 5) is 0.0704. The van der Waals surface area contributed by atoms with Crippen LogP contribution in [-0.2, 0) is 20.0 Å². The zero-order valence-corrected chi connectivity index (χ0v) is 12.7. The number of rotatable bonds is 6. The maximum atomic E-state index is 11.9. The first kappa shape index (κ1) is 16.1. The van der Waals surface area contributed by atoms with Gasteiger partial charge in [0, 0.05) is 6.54 Å². The molecule has 0 spiro atoms. The molecule has 19 heavy (non-hydrogen) atoms. The van der Waals surface area contributed by atoms with Gasteiger partial charge in [0.1, 0.15) is 0 Å². The highest BCUT2D eigenvalue weighted by molar-refractivity contribution is 7.90. The van der Waals surface area contributed by atoms with Crippen LogP contribution in [0.2, 0.25) is 0 Å². The molecule has 0 aliphatic carbocycles. The number of nitrogens with one attached hydrogen (secondary N) is 2. The number of benzene rings is 1. The van der Waals surface area contributed by atoms with Gasteiger partial charge in [-0.05, 0) is 37.2 Å². The Bertz CT molecular complexity index is 619. The van der Waals surface area contributed by atoms with Crippen LogP contribution in [0.5, 0.6) is 0 Å². The first-order valence-corrected chi connectivity index (χ1v) is 8.69. The third-order valence-corrected chi connectivity index (χ3v) is 5.26. The van der Waals surface area contributed by atoms with Crippen molar-refractivity contribution in [3.05, 3.63) is 24.3 Å². The summed E-state index contributed by atoms with van der Waals surface area (Å²) in [5.74, 6) is 0.193. The molecule has 0 unspecified atom stereocenters. The molecule has 0 radical (unpaired) electrons. The van der Waals surface area contributed by atoms with E-state index in [2.05, 4.69) is 9.44 Å². The minimum atomic E-state index is -3.59. The van der Waals surface area contributed by atoms with Gasteiger partial charge in [-0.1, -0.05) is 13.8 Å². The van der Waals surface area contributed by atoms with Crippen LogP contribution in [0.3, 0.4) is 0 Å². The van der Waals surface area contributed by atoms with Crippen LogP contribution < -0.4 is 9.44 Å². The molecule has 0 amide bonds. The third kappa shape index (κ3) is 4.27. The maximum Gasteiger partial charge on any atom is 0.240 e. The van der Waals surface area contributed by atoms with E-state index >= 15 is 0 Å². The highest BCUT2D eigenvalue weighted by atomic mass is 32.2. The summed E-state index contributed by atoms with van der Waals surface area (Å²) in [5, 5.41) is 0. The van der Waals surface area contributed by atoms with E-state index in [4.69, 9.17) is 0 Å². The lowest BCUT2D eigenvalue weighted by Crippen LogP contribution is -2.27. The van der Waals surface area contributed by atoms with Crippen LogP contribution in [0.15, 0.2) is 34.1 Å². The Morgan fingerprint density at radius 1 is 0.947 bits per heavy atom. The van der Waals surface area contributed by atoms with E-state index in [1.807, 2.05) is 13.8 Å². The smallest absolute Gasteiger partial charge is 0.214 e. The monoisotopic (exact) mass is 306 g/mol. The van der Waals surface area contributed by atoms with Gasteiger partial charge in [-0.15, -0.1) is 0 Å². The van der Waals surface area contributed by atoms with Crippen molar-refractivity contribution >= 4 is 20.0 Å². The SMILES string of the molecule is CNS(=O)(=O)c1ccc(S(=O)(=O)NCC(C)C)cc1. The van der Waals surface area contributed by atoms with Crippen molar-refractivity contribution in [3.63, 3.8) is 0 Å². The van der Waals surface area contributed by atoms with Crippen molar-refractivity contribution in [1.29, 1.82) is 0 Å². The summed E-state index contributed by atoms with van der Waals surface area (Å²) in [6.07, 6.45) is 0. The largest absolute Gasteiger partial charge is 0.240 e. The van der Waals surface area contributed by atoms with E-state index in [0.717, 1.165) is 0 Å². The highest BCUT2D eigenvalue weighted by Gasteiger charge is 2.16.